The van der Waals surface area contributed by atoms with Crippen molar-refractivity contribution in [3.63, 3.8) is 0 Å². The molecular formula is C24H30N2O3. The van der Waals surface area contributed by atoms with Crippen molar-refractivity contribution in [2.75, 3.05) is 38.2 Å². The molecule has 0 amide bonds. The second kappa shape index (κ2) is 9.31. The molecular weight excluding hydrogens is 364 g/mol. The van der Waals surface area contributed by atoms with Crippen LogP contribution in [0.25, 0.3) is 0 Å². The molecule has 0 aromatic heterocycles. The molecule has 2 aromatic carbocycles. The normalized spacial score (nSPS) is 20.2. The lowest BCUT2D eigenvalue weighted by molar-refractivity contribution is -0.109. The Labute approximate surface area is 173 Å². The zero-order valence-electron chi connectivity index (χ0n) is 17.1. The molecule has 29 heavy (non-hydrogen) atoms. The molecule has 0 bridgehead atoms. The summed E-state index contributed by atoms with van der Waals surface area (Å²) in [4.78, 5) is 16.3. The van der Waals surface area contributed by atoms with Gasteiger partial charge in [0.2, 0.25) is 0 Å². The zero-order chi connectivity index (χ0) is 20.1. The smallest absolute Gasteiger partial charge is 0.142 e. The first-order valence-corrected chi connectivity index (χ1v) is 10.6. The molecule has 154 valence electrons. The van der Waals surface area contributed by atoms with E-state index in [-0.39, 0.29) is 12.1 Å². The van der Waals surface area contributed by atoms with E-state index in [4.69, 9.17) is 9.47 Å². The maximum atomic E-state index is 11.5. The summed E-state index contributed by atoms with van der Waals surface area (Å²) >= 11 is 0. The minimum absolute atomic E-state index is 0.0227. The maximum absolute atomic E-state index is 11.5. The van der Waals surface area contributed by atoms with Gasteiger partial charge in [0.15, 0.2) is 0 Å². The molecule has 2 heterocycles. The number of methoxy groups -OCH3 is 1. The molecule has 0 aliphatic carbocycles. The van der Waals surface area contributed by atoms with Crippen LogP contribution in [0.4, 0.5) is 5.69 Å². The van der Waals surface area contributed by atoms with Gasteiger partial charge in [-0.15, -0.1) is 0 Å². The van der Waals surface area contributed by atoms with Crippen molar-refractivity contribution in [3.05, 3.63) is 54.1 Å². The lowest BCUT2D eigenvalue weighted by Crippen LogP contribution is -2.54. The van der Waals surface area contributed by atoms with Crippen LogP contribution in [-0.4, -0.2) is 56.6 Å². The fraction of sp³-hybridized carbons (Fsp3) is 0.458. The minimum Gasteiger partial charge on any atom is -0.497 e. The van der Waals surface area contributed by atoms with Crippen LogP contribution in [-0.2, 0) is 11.2 Å². The minimum atomic E-state index is 0.0227. The molecule has 2 aliphatic heterocycles. The van der Waals surface area contributed by atoms with Gasteiger partial charge in [0.1, 0.15) is 23.9 Å². The van der Waals surface area contributed by atoms with E-state index in [0.29, 0.717) is 0 Å². The van der Waals surface area contributed by atoms with Crippen molar-refractivity contribution >= 4 is 12.0 Å². The Balaban J connectivity index is 1.30. The van der Waals surface area contributed by atoms with Crippen molar-refractivity contribution in [2.45, 2.75) is 37.8 Å². The van der Waals surface area contributed by atoms with Gasteiger partial charge in [-0.05, 0) is 49.4 Å². The first-order valence-electron chi connectivity index (χ1n) is 10.6. The third kappa shape index (κ3) is 4.73. The van der Waals surface area contributed by atoms with Crippen LogP contribution in [0.1, 0.15) is 24.8 Å². The molecule has 0 radical (unpaired) electrons. The fourth-order valence-corrected chi connectivity index (χ4v) is 4.33. The summed E-state index contributed by atoms with van der Waals surface area (Å²) in [5, 5.41) is 0. The number of carbonyl (C=O) groups is 1. The number of likely N-dealkylation sites (tertiary alicyclic amines) is 1. The molecule has 0 spiro atoms. The average Bonchev–Trinajstić information content (AvgIpc) is 2.75. The first-order chi connectivity index (χ1) is 14.3. The topological polar surface area (TPSA) is 42.0 Å². The number of benzene rings is 2. The van der Waals surface area contributed by atoms with Gasteiger partial charge in [0.25, 0.3) is 0 Å². The van der Waals surface area contributed by atoms with Gasteiger partial charge in [-0.2, -0.15) is 0 Å². The van der Waals surface area contributed by atoms with Gasteiger partial charge in [-0.1, -0.05) is 24.3 Å². The number of carbonyl (C=O) groups excluding carboxylic acids is 1. The largest absolute Gasteiger partial charge is 0.497 e. The Morgan fingerprint density at radius 3 is 2.72 bits per heavy atom. The third-order valence-electron chi connectivity index (χ3n) is 5.97. The Bertz CT molecular complexity index is 819. The number of anilines is 1. The molecule has 5 heteroatoms. The lowest BCUT2D eigenvalue weighted by atomic mass is 9.99. The number of ether oxygens (including phenoxy) is 2. The second-order valence-electron chi connectivity index (χ2n) is 7.95. The molecule has 4 rings (SSSR count). The van der Waals surface area contributed by atoms with E-state index in [1.165, 1.54) is 11.3 Å². The van der Waals surface area contributed by atoms with Crippen LogP contribution in [0.15, 0.2) is 48.5 Å². The van der Waals surface area contributed by atoms with Crippen LogP contribution < -0.4 is 14.4 Å². The van der Waals surface area contributed by atoms with Gasteiger partial charge in [-0.25, -0.2) is 0 Å². The van der Waals surface area contributed by atoms with Gasteiger partial charge in [0, 0.05) is 37.9 Å². The number of aldehydes is 1. The quantitative estimate of drug-likeness (QED) is 0.641. The van der Waals surface area contributed by atoms with E-state index in [1.807, 2.05) is 24.3 Å². The standard InChI is InChI=1S/C24H30N2O3/c1-28-21-9-6-10-22(15-21)29-23-16-25(17-23)14-12-19-7-2-3-11-24(19)26-13-5-4-8-20(26)18-27/h2-3,6-7,9-11,15,18,20,23H,4-5,8,12-14,16-17H2,1H3. The Morgan fingerprint density at radius 2 is 1.90 bits per heavy atom. The molecule has 5 nitrogen and oxygen atoms in total. The van der Waals surface area contributed by atoms with Crippen molar-refractivity contribution in [1.29, 1.82) is 0 Å². The number of rotatable bonds is 8. The number of hydrogen-bond acceptors (Lipinski definition) is 5. The number of piperidine rings is 1. The van der Waals surface area contributed by atoms with E-state index < -0.39 is 0 Å². The molecule has 2 aromatic rings. The molecule has 0 saturated carbocycles. The highest BCUT2D eigenvalue weighted by molar-refractivity contribution is 5.68. The van der Waals surface area contributed by atoms with Crippen LogP contribution in [0.5, 0.6) is 11.5 Å². The third-order valence-corrected chi connectivity index (χ3v) is 5.97. The van der Waals surface area contributed by atoms with E-state index in [0.717, 1.165) is 69.6 Å². The van der Waals surface area contributed by atoms with E-state index in [9.17, 15) is 4.79 Å². The Hall–Kier alpha value is -2.53. The highest BCUT2D eigenvalue weighted by Crippen LogP contribution is 2.28. The van der Waals surface area contributed by atoms with Crippen LogP contribution in [0.3, 0.4) is 0 Å². The highest BCUT2D eigenvalue weighted by Gasteiger charge is 2.29. The molecule has 2 aliphatic rings. The summed E-state index contributed by atoms with van der Waals surface area (Å²) < 4.78 is 11.3. The van der Waals surface area contributed by atoms with Gasteiger partial charge in [0.05, 0.1) is 13.2 Å². The van der Waals surface area contributed by atoms with Crippen molar-refractivity contribution in [2.24, 2.45) is 0 Å². The molecule has 2 fully saturated rings. The van der Waals surface area contributed by atoms with Crippen LogP contribution in [0, 0.1) is 0 Å². The van der Waals surface area contributed by atoms with E-state index in [1.54, 1.807) is 7.11 Å². The fourth-order valence-electron chi connectivity index (χ4n) is 4.33. The zero-order valence-corrected chi connectivity index (χ0v) is 17.1. The monoisotopic (exact) mass is 394 g/mol. The van der Waals surface area contributed by atoms with Crippen molar-refractivity contribution in [3.8, 4) is 11.5 Å². The molecule has 1 atom stereocenters. The summed E-state index contributed by atoms with van der Waals surface area (Å²) in [6.07, 6.45) is 5.61. The van der Waals surface area contributed by atoms with Gasteiger partial charge in [-0.3, -0.25) is 4.90 Å². The van der Waals surface area contributed by atoms with Crippen molar-refractivity contribution in [1.82, 2.24) is 4.90 Å². The SMILES string of the molecule is COc1cccc(OC2CN(CCc3ccccc3N3CCCCC3C=O)C2)c1. The lowest BCUT2D eigenvalue weighted by Gasteiger charge is -2.39. The van der Waals surface area contributed by atoms with E-state index in [2.05, 4.69) is 34.1 Å². The molecule has 2 saturated heterocycles. The summed E-state index contributed by atoms with van der Waals surface area (Å²) in [6, 6.07) is 16.4. The number of hydrogen-bond donors (Lipinski definition) is 0. The van der Waals surface area contributed by atoms with Crippen LogP contribution >= 0.6 is 0 Å². The van der Waals surface area contributed by atoms with Crippen LogP contribution in [0.2, 0.25) is 0 Å². The predicted octanol–water partition coefficient (Wildman–Crippen LogP) is 3.56. The molecule has 0 N–H and O–H groups in total. The highest BCUT2D eigenvalue weighted by atomic mass is 16.5. The Morgan fingerprint density at radius 1 is 1.07 bits per heavy atom. The summed E-state index contributed by atoms with van der Waals surface area (Å²) in [5.41, 5.74) is 2.56. The van der Waals surface area contributed by atoms with Crippen molar-refractivity contribution < 1.29 is 14.3 Å². The second-order valence-corrected chi connectivity index (χ2v) is 7.95. The summed E-state index contributed by atoms with van der Waals surface area (Å²) in [6.45, 7) is 3.87. The average molecular weight is 395 g/mol. The predicted molar refractivity (Wildman–Crippen MR) is 115 cm³/mol. The van der Waals surface area contributed by atoms with Gasteiger partial charge >= 0.3 is 0 Å². The number of nitrogens with zero attached hydrogens (tertiary/aromatic N) is 2. The number of para-hydroxylation sites is 1. The maximum Gasteiger partial charge on any atom is 0.142 e. The summed E-state index contributed by atoms with van der Waals surface area (Å²) in [5.74, 6) is 1.69. The Kier molecular flexibility index (Phi) is 6.35. The molecule has 1 unspecified atom stereocenters. The summed E-state index contributed by atoms with van der Waals surface area (Å²) in [7, 11) is 1.67. The van der Waals surface area contributed by atoms with E-state index >= 15 is 0 Å². The van der Waals surface area contributed by atoms with Gasteiger partial charge < -0.3 is 19.2 Å². The first kappa shape index (κ1) is 19.8.